The van der Waals surface area contributed by atoms with Crippen LogP contribution in [-0.4, -0.2) is 9.91 Å². The highest BCUT2D eigenvalue weighted by Crippen LogP contribution is 2.25. The van der Waals surface area contributed by atoms with Crippen LogP contribution in [0.1, 0.15) is 5.56 Å². The van der Waals surface area contributed by atoms with E-state index < -0.39 is 4.92 Å². The van der Waals surface area contributed by atoms with Gasteiger partial charge in [-0.1, -0.05) is 30.3 Å². The summed E-state index contributed by atoms with van der Waals surface area (Å²) in [5.41, 5.74) is 1.35. The Labute approximate surface area is 121 Å². The molecule has 5 nitrogen and oxygen atoms in total. The number of hydrogen-bond donors (Lipinski definition) is 0. The first-order valence-electron chi connectivity index (χ1n) is 6.44. The molecule has 0 aliphatic carbocycles. The SMILES string of the molecule is O=[N+]([O-])c1ccccc1COc1cccc2cccnc12. The molecule has 104 valence electrons. The zero-order valence-electron chi connectivity index (χ0n) is 11.1. The molecule has 3 aromatic rings. The third-order valence-corrected chi connectivity index (χ3v) is 3.17. The molecule has 0 unspecified atom stereocenters. The number of nitro benzene ring substituents is 1. The molecular weight excluding hydrogens is 268 g/mol. The summed E-state index contributed by atoms with van der Waals surface area (Å²) in [5, 5.41) is 12.0. The number of nitro groups is 1. The maximum atomic E-state index is 11.0. The van der Waals surface area contributed by atoms with Gasteiger partial charge in [-0.15, -0.1) is 0 Å². The van der Waals surface area contributed by atoms with Gasteiger partial charge in [0, 0.05) is 17.6 Å². The summed E-state index contributed by atoms with van der Waals surface area (Å²) in [6, 6.07) is 16.0. The molecule has 1 aromatic heterocycles. The van der Waals surface area contributed by atoms with E-state index in [1.165, 1.54) is 6.07 Å². The van der Waals surface area contributed by atoms with Crippen molar-refractivity contribution in [1.29, 1.82) is 0 Å². The average molecular weight is 280 g/mol. The third-order valence-electron chi connectivity index (χ3n) is 3.17. The van der Waals surface area contributed by atoms with E-state index in [1.807, 2.05) is 30.3 Å². The van der Waals surface area contributed by atoms with Crippen LogP contribution in [0, 0.1) is 10.1 Å². The monoisotopic (exact) mass is 280 g/mol. The Kier molecular flexibility index (Phi) is 3.47. The molecular formula is C16H12N2O3. The number of ether oxygens (including phenoxy) is 1. The molecule has 0 aliphatic rings. The van der Waals surface area contributed by atoms with Crippen molar-refractivity contribution in [1.82, 2.24) is 4.98 Å². The summed E-state index contributed by atoms with van der Waals surface area (Å²) in [4.78, 5) is 14.9. The second-order valence-corrected chi connectivity index (χ2v) is 4.51. The number of hydrogen-bond acceptors (Lipinski definition) is 4. The normalized spacial score (nSPS) is 10.5. The zero-order valence-corrected chi connectivity index (χ0v) is 11.1. The van der Waals surface area contributed by atoms with Crippen LogP contribution in [0.3, 0.4) is 0 Å². The molecule has 0 aliphatic heterocycles. The van der Waals surface area contributed by atoms with Crippen LogP contribution >= 0.6 is 0 Å². The van der Waals surface area contributed by atoms with Crippen molar-refractivity contribution in [2.45, 2.75) is 6.61 Å². The van der Waals surface area contributed by atoms with Crippen LogP contribution in [0.5, 0.6) is 5.75 Å². The molecule has 0 spiro atoms. The van der Waals surface area contributed by atoms with Crippen molar-refractivity contribution >= 4 is 16.6 Å². The lowest BCUT2D eigenvalue weighted by atomic mass is 10.2. The number of para-hydroxylation sites is 2. The fourth-order valence-corrected chi connectivity index (χ4v) is 2.16. The van der Waals surface area contributed by atoms with Gasteiger partial charge in [0.05, 0.1) is 10.5 Å². The molecule has 1 heterocycles. The standard InChI is InChI=1S/C16H12N2O3/c19-18(20)14-8-2-1-5-13(14)11-21-15-9-3-6-12-7-4-10-17-16(12)15/h1-10H,11H2. The number of aromatic nitrogens is 1. The number of nitrogens with zero attached hydrogens (tertiary/aromatic N) is 2. The van der Waals surface area contributed by atoms with Crippen LogP contribution < -0.4 is 4.74 Å². The molecule has 0 saturated heterocycles. The number of pyridine rings is 1. The topological polar surface area (TPSA) is 65.3 Å². The van der Waals surface area contributed by atoms with Gasteiger partial charge in [0.2, 0.25) is 0 Å². The third kappa shape index (κ3) is 2.67. The Morgan fingerprint density at radius 1 is 1.05 bits per heavy atom. The Hall–Kier alpha value is -2.95. The minimum absolute atomic E-state index is 0.0608. The lowest BCUT2D eigenvalue weighted by molar-refractivity contribution is -0.385. The second-order valence-electron chi connectivity index (χ2n) is 4.51. The van der Waals surface area contributed by atoms with E-state index in [9.17, 15) is 10.1 Å². The van der Waals surface area contributed by atoms with E-state index in [-0.39, 0.29) is 12.3 Å². The molecule has 0 bridgehead atoms. The van der Waals surface area contributed by atoms with E-state index in [4.69, 9.17) is 4.74 Å². The highest BCUT2D eigenvalue weighted by molar-refractivity contribution is 5.84. The molecule has 0 amide bonds. The van der Waals surface area contributed by atoms with E-state index >= 15 is 0 Å². The maximum absolute atomic E-state index is 11.0. The van der Waals surface area contributed by atoms with Crippen molar-refractivity contribution < 1.29 is 9.66 Å². The van der Waals surface area contributed by atoms with Crippen LogP contribution in [0.4, 0.5) is 5.69 Å². The molecule has 0 fully saturated rings. The summed E-state index contributed by atoms with van der Waals surface area (Å²) in [6.45, 7) is 0.132. The van der Waals surface area contributed by atoms with Gasteiger partial charge in [-0.25, -0.2) is 0 Å². The summed E-state index contributed by atoms with van der Waals surface area (Å²) in [5.74, 6) is 0.617. The van der Waals surface area contributed by atoms with Crippen LogP contribution in [0.25, 0.3) is 10.9 Å². The quantitative estimate of drug-likeness (QED) is 0.539. The summed E-state index contributed by atoms with van der Waals surface area (Å²) < 4.78 is 5.73. The lowest BCUT2D eigenvalue weighted by Gasteiger charge is -2.08. The van der Waals surface area contributed by atoms with Gasteiger partial charge in [0.15, 0.2) is 0 Å². The number of benzene rings is 2. The fourth-order valence-electron chi connectivity index (χ4n) is 2.16. The summed E-state index contributed by atoms with van der Waals surface area (Å²) in [7, 11) is 0. The van der Waals surface area contributed by atoms with E-state index in [1.54, 1.807) is 24.4 Å². The summed E-state index contributed by atoms with van der Waals surface area (Å²) in [6.07, 6.45) is 1.69. The van der Waals surface area contributed by atoms with E-state index in [0.717, 1.165) is 10.9 Å². The largest absolute Gasteiger partial charge is 0.486 e. The van der Waals surface area contributed by atoms with Crippen LogP contribution in [0.2, 0.25) is 0 Å². The molecule has 21 heavy (non-hydrogen) atoms. The molecule has 5 heteroatoms. The molecule has 0 atom stereocenters. The maximum Gasteiger partial charge on any atom is 0.276 e. The highest BCUT2D eigenvalue weighted by atomic mass is 16.6. The van der Waals surface area contributed by atoms with Crippen LogP contribution in [0.15, 0.2) is 60.8 Å². The van der Waals surface area contributed by atoms with Crippen molar-refractivity contribution in [2.75, 3.05) is 0 Å². The van der Waals surface area contributed by atoms with Gasteiger partial charge in [0.25, 0.3) is 5.69 Å². The second kappa shape index (κ2) is 5.58. The van der Waals surface area contributed by atoms with Gasteiger partial charge in [-0.3, -0.25) is 15.1 Å². The Morgan fingerprint density at radius 2 is 1.86 bits per heavy atom. The first-order chi connectivity index (χ1) is 10.3. The predicted molar refractivity (Wildman–Crippen MR) is 79.2 cm³/mol. The van der Waals surface area contributed by atoms with Gasteiger partial charge in [-0.05, 0) is 18.2 Å². The van der Waals surface area contributed by atoms with E-state index in [2.05, 4.69) is 4.98 Å². The molecule has 0 N–H and O–H groups in total. The van der Waals surface area contributed by atoms with Gasteiger partial charge < -0.3 is 4.74 Å². The molecule has 3 rings (SSSR count). The fraction of sp³-hybridized carbons (Fsp3) is 0.0625. The summed E-state index contributed by atoms with van der Waals surface area (Å²) >= 11 is 0. The van der Waals surface area contributed by atoms with Gasteiger partial charge >= 0.3 is 0 Å². The van der Waals surface area contributed by atoms with Crippen molar-refractivity contribution in [3.8, 4) is 5.75 Å². The van der Waals surface area contributed by atoms with E-state index in [0.29, 0.717) is 11.3 Å². The number of fused-ring (bicyclic) bond motifs is 1. The molecule has 2 aromatic carbocycles. The van der Waals surface area contributed by atoms with Gasteiger partial charge in [0.1, 0.15) is 17.9 Å². The zero-order chi connectivity index (χ0) is 14.7. The predicted octanol–water partition coefficient (Wildman–Crippen LogP) is 3.72. The molecule has 0 saturated carbocycles. The van der Waals surface area contributed by atoms with Crippen LogP contribution in [-0.2, 0) is 6.61 Å². The smallest absolute Gasteiger partial charge is 0.276 e. The van der Waals surface area contributed by atoms with Crippen molar-refractivity contribution in [3.63, 3.8) is 0 Å². The average Bonchev–Trinajstić information content (AvgIpc) is 2.53. The molecule has 0 radical (unpaired) electrons. The number of rotatable bonds is 4. The first-order valence-corrected chi connectivity index (χ1v) is 6.44. The van der Waals surface area contributed by atoms with Crippen molar-refractivity contribution in [3.05, 3.63) is 76.5 Å². The van der Waals surface area contributed by atoms with Gasteiger partial charge in [-0.2, -0.15) is 0 Å². The Bertz CT molecular complexity index is 797. The Balaban J connectivity index is 1.89. The lowest BCUT2D eigenvalue weighted by Crippen LogP contribution is -2.01. The van der Waals surface area contributed by atoms with Crippen molar-refractivity contribution in [2.24, 2.45) is 0 Å². The first kappa shape index (κ1) is 13.1. The minimum atomic E-state index is -0.403. The Morgan fingerprint density at radius 3 is 2.71 bits per heavy atom. The highest BCUT2D eigenvalue weighted by Gasteiger charge is 2.13. The minimum Gasteiger partial charge on any atom is -0.486 e.